The molecule has 0 aliphatic heterocycles. The molecule has 0 aliphatic rings. The Morgan fingerprint density at radius 3 is 2.68 bits per heavy atom. The number of amides is 1. The molecule has 0 aliphatic carbocycles. The molecule has 1 rings (SSSR count). The Morgan fingerprint density at radius 1 is 1.37 bits per heavy atom. The van der Waals surface area contributed by atoms with Crippen LogP contribution < -0.4 is 10.1 Å². The van der Waals surface area contributed by atoms with Gasteiger partial charge in [-0.05, 0) is 31.0 Å². The van der Waals surface area contributed by atoms with E-state index in [0.717, 1.165) is 11.1 Å². The van der Waals surface area contributed by atoms with Gasteiger partial charge in [-0.25, -0.2) is 4.79 Å². The van der Waals surface area contributed by atoms with E-state index in [-0.39, 0.29) is 13.2 Å². The standard InChI is InChI=1S/C13H17NO5/c1-8-4-3-5-11(9(8)2)19-7-12(16)14-6-10(15)13(17)18/h3-5,10,15H,6-7H2,1-2H3,(H,14,16)(H,17,18). The number of ether oxygens (including phenoxy) is 1. The molecular formula is C13H17NO5. The molecule has 0 spiro atoms. The quantitative estimate of drug-likeness (QED) is 0.686. The Kier molecular flexibility index (Phi) is 5.32. The fourth-order valence-electron chi connectivity index (χ4n) is 1.37. The summed E-state index contributed by atoms with van der Waals surface area (Å²) in [6.07, 6.45) is -1.61. The number of carboxylic acids is 1. The summed E-state index contributed by atoms with van der Waals surface area (Å²) in [5.41, 5.74) is 2.00. The molecule has 0 saturated carbocycles. The van der Waals surface area contributed by atoms with Gasteiger partial charge in [0, 0.05) is 0 Å². The van der Waals surface area contributed by atoms with E-state index in [4.69, 9.17) is 14.9 Å². The minimum atomic E-state index is -1.61. The number of carbonyl (C=O) groups excluding carboxylic acids is 1. The van der Waals surface area contributed by atoms with Gasteiger partial charge in [-0.1, -0.05) is 12.1 Å². The maximum atomic E-state index is 11.4. The second kappa shape index (κ2) is 6.75. The van der Waals surface area contributed by atoms with Crippen LogP contribution in [0.4, 0.5) is 0 Å². The zero-order chi connectivity index (χ0) is 14.4. The van der Waals surface area contributed by atoms with Gasteiger partial charge in [0.25, 0.3) is 5.91 Å². The van der Waals surface area contributed by atoms with E-state index in [2.05, 4.69) is 5.32 Å². The van der Waals surface area contributed by atoms with Crippen molar-refractivity contribution in [3.8, 4) is 5.75 Å². The van der Waals surface area contributed by atoms with Crippen LogP contribution in [0.5, 0.6) is 5.75 Å². The Labute approximate surface area is 111 Å². The molecule has 6 nitrogen and oxygen atoms in total. The second-order valence-corrected chi connectivity index (χ2v) is 4.14. The van der Waals surface area contributed by atoms with E-state index in [1.807, 2.05) is 26.0 Å². The van der Waals surface area contributed by atoms with Crippen LogP contribution in [0.15, 0.2) is 18.2 Å². The van der Waals surface area contributed by atoms with Crippen LogP contribution in [0, 0.1) is 13.8 Å². The number of hydrogen-bond acceptors (Lipinski definition) is 4. The van der Waals surface area contributed by atoms with Crippen LogP contribution >= 0.6 is 0 Å². The van der Waals surface area contributed by atoms with Gasteiger partial charge in [0.1, 0.15) is 5.75 Å². The molecule has 1 aromatic rings. The Balaban J connectivity index is 2.42. The summed E-state index contributed by atoms with van der Waals surface area (Å²) in [7, 11) is 0. The van der Waals surface area contributed by atoms with Gasteiger partial charge in [0.15, 0.2) is 12.7 Å². The number of aliphatic hydroxyl groups excluding tert-OH is 1. The van der Waals surface area contributed by atoms with Crippen molar-refractivity contribution in [1.29, 1.82) is 0 Å². The van der Waals surface area contributed by atoms with Gasteiger partial charge >= 0.3 is 5.97 Å². The number of nitrogens with one attached hydrogen (secondary N) is 1. The van der Waals surface area contributed by atoms with Gasteiger partial charge in [0.2, 0.25) is 0 Å². The highest BCUT2D eigenvalue weighted by atomic mass is 16.5. The first kappa shape index (κ1) is 15.0. The molecule has 1 amide bonds. The van der Waals surface area contributed by atoms with Crippen molar-refractivity contribution >= 4 is 11.9 Å². The van der Waals surface area contributed by atoms with E-state index in [9.17, 15) is 9.59 Å². The third kappa shape index (κ3) is 4.59. The van der Waals surface area contributed by atoms with E-state index in [1.54, 1.807) is 6.07 Å². The lowest BCUT2D eigenvalue weighted by molar-refractivity contribution is -0.146. The summed E-state index contributed by atoms with van der Waals surface area (Å²) in [6, 6.07) is 5.51. The third-order valence-corrected chi connectivity index (χ3v) is 2.69. The Bertz CT molecular complexity index is 472. The van der Waals surface area contributed by atoms with Crippen LogP contribution in [0.3, 0.4) is 0 Å². The van der Waals surface area contributed by atoms with Gasteiger partial charge in [0.05, 0.1) is 6.54 Å². The maximum absolute atomic E-state index is 11.4. The maximum Gasteiger partial charge on any atom is 0.334 e. The van der Waals surface area contributed by atoms with Gasteiger partial charge in [-0.2, -0.15) is 0 Å². The lowest BCUT2D eigenvalue weighted by Crippen LogP contribution is -2.38. The van der Waals surface area contributed by atoms with Crippen molar-refractivity contribution in [2.45, 2.75) is 20.0 Å². The molecule has 0 heterocycles. The average molecular weight is 267 g/mol. The molecule has 0 fully saturated rings. The Hall–Kier alpha value is -2.08. The summed E-state index contributed by atoms with van der Waals surface area (Å²) >= 11 is 0. The first-order valence-electron chi connectivity index (χ1n) is 5.78. The molecule has 19 heavy (non-hydrogen) atoms. The number of aliphatic hydroxyl groups is 1. The predicted molar refractivity (Wildman–Crippen MR) is 68.1 cm³/mol. The SMILES string of the molecule is Cc1cccc(OCC(=O)NCC(O)C(=O)O)c1C. The molecule has 0 radical (unpaired) electrons. The van der Waals surface area contributed by atoms with Crippen LogP contribution in [0.1, 0.15) is 11.1 Å². The topological polar surface area (TPSA) is 95.9 Å². The molecule has 3 N–H and O–H groups in total. The predicted octanol–water partition coefficient (Wildman–Crippen LogP) is 0.244. The van der Waals surface area contributed by atoms with Crippen molar-refractivity contribution in [3.05, 3.63) is 29.3 Å². The number of aliphatic carboxylic acids is 1. The first-order valence-corrected chi connectivity index (χ1v) is 5.78. The monoisotopic (exact) mass is 267 g/mol. The zero-order valence-corrected chi connectivity index (χ0v) is 10.8. The normalized spacial score (nSPS) is 11.7. The fraction of sp³-hybridized carbons (Fsp3) is 0.385. The molecule has 0 aromatic heterocycles. The fourth-order valence-corrected chi connectivity index (χ4v) is 1.37. The van der Waals surface area contributed by atoms with E-state index < -0.39 is 18.0 Å². The highest BCUT2D eigenvalue weighted by molar-refractivity contribution is 5.79. The van der Waals surface area contributed by atoms with Gasteiger partial charge < -0.3 is 20.3 Å². The molecule has 0 bridgehead atoms. The number of carbonyl (C=O) groups is 2. The molecule has 1 atom stereocenters. The zero-order valence-electron chi connectivity index (χ0n) is 10.8. The third-order valence-electron chi connectivity index (χ3n) is 2.69. The van der Waals surface area contributed by atoms with E-state index >= 15 is 0 Å². The first-order chi connectivity index (χ1) is 8.91. The molecule has 0 saturated heterocycles. The number of rotatable bonds is 6. The van der Waals surface area contributed by atoms with Crippen molar-refractivity contribution in [2.75, 3.05) is 13.2 Å². The van der Waals surface area contributed by atoms with Gasteiger partial charge in [-0.3, -0.25) is 4.79 Å². The van der Waals surface area contributed by atoms with Gasteiger partial charge in [-0.15, -0.1) is 0 Å². The molecule has 1 aromatic carbocycles. The summed E-state index contributed by atoms with van der Waals surface area (Å²) in [5.74, 6) is -1.26. The minimum absolute atomic E-state index is 0.226. The molecule has 104 valence electrons. The highest BCUT2D eigenvalue weighted by Crippen LogP contribution is 2.20. The van der Waals surface area contributed by atoms with Crippen LogP contribution in [0.2, 0.25) is 0 Å². The largest absolute Gasteiger partial charge is 0.483 e. The smallest absolute Gasteiger partial charge is 0.334 e. The number of benzene rings is 1. The summed E-state index contributed by atoms with van der Waals surface area (Å²) in [4.78, 5) is 21.7. The van der Waals surface area contributed by atoms with Crippen molar-refractivity contribution < 1.29 is 24.5 Å². The van der Waals surface area contributed by atoms with Crippen molar-refractivity contribution in [3.63, 3.8) is 0 Å². The van der Waals surface area contributed by atoms with Crippen LogP contribution in [-0.2, 0) is 9.59 Å². The second-order valence-electron chi connectivity index (χ2n) is 4.14. The highest BCUT2D eigenvalue weighted by Gasteiger charge is 2.14. The molecule has 1 unspecified atom stereocenters. The van der Waals surface area contributed by atoms with Crippen molar-refractivity contribution in [1.82, 2.24) is 5.32 Å². The van der Waals surface area contributed by atoms with Crippen LogP contribution in [0.25, 0.3) is 0 Å². The van der Waals surface area contributed by atoms with Crippen LogP contribution in [-0.4, -0.2) is 41.3 Å². The summed E-state index contributed by atoms with van der Waals surface area (Å²) < 4.78 is 5.33. The minimum Gasteiger partial charge on any atom is -0.483 e. The van der Waals surface area contributed by atoms with E-state index in [0.29, 0.717) is 5.75 Å². The molecular weight excluding hydrogens is 250 g/mol. The summed E-state index contributed by atoms with van der Waals surface area (Å²) in [6.45, 7) is 3.25. The lowest BCUT2D eigenvalue weighted by atomic mass is 10.1. The van der Waals surface area contributed by atoms with E-state index in [1.165, 1.54) is 0 Å². The molecule has 6 heteroatoms. The number of hydrogen-bond donors (Lipinski definition) is 3. The summed E-state index contributed by atoms with van der Waals surface area (Å²) in [5, 5.41) is 19.7. The average Bonchev–Trinajstić information content (AvgIpc) is 2.37. The van der Waals surface area contributed by atoms with Crippen molar-refractivity contribution in [2.24, 2.45) is 0 Å². The Morgan fingerprint density at radius 2 is 2.05 bits per heavy atom. The number of aryl methyl sites for hydroxylation is 1. The number of carboxylic acid groups (broad SMARTS) is 1. The lowest BCUT2D eigenvalue weighted by Gasteiger charge is -2.11.